The van der Waals surface area contributed by atoms with E-state index in [1.54, 1.807) is 11.3 Å². The summed E-state index contributed by atoms with van der Waals surface area (Å²) in [4.78, 5) is 16.4. The Balaban J connectivity index is 2.14. The molecule has 0 fully saturated rings. The second-order valence-electron chi connectivity index (χ2n) is 3.84. The van der Waals surface area contributed by atoms with Gasteiger partial charge in [-0.15, -0.1) is 11.3 Å². The quantitative estimate of drug-likeness (QED) is 0.915. The molecule has 2 rings (SSSR count). The molecule has 0 aliphatic carbocycles. The highest BCUT2D eigenvalue weighted by atomic mass is 35.5. The molecule has 0 aliphatic heterocycles. The fraction of sp³-hybridized carbons (Fsp3) is 0.455. The Morgan fingerprint density at radius 3 is 2.79 bits per heavy atom. The van der Waals surface area contributed by atoms with Crippen molar-refractivity contribution in [2.75, 3.05) is 11.9 Å². The van der Waals surface area contributed by atoms with Crippen LogP contribution in [0, 0.1) is 6.92 Å². The summed E-state index contributed by atoms with van der Waals surface area (Å²) in [5.41, 5.74) is 0.998. The summed E-state index contributed by atoms with van der Waals surface area (Å²) in [5.74, 6) is 0.379. The van der Waals surface area contributed by atoms with Crippen LogP contribution in [0.5, 0.6) is 6.01 Å². The third kappa shape index (κ3) is 3.74. The van der Waals surface area contributed by atoms with Gasteiger partial charge in [-0.1, -0.05) is 0 Å². The van der Waals surface area contributed by atoms with E-state index in [-0.39, 0.29) is 17.3 Å². The lowest BCUT2D eigenvalue weighted by Crippen LogP contribution is -2.11. The SMILES string of the molecule is CCOc1nc(Cl)nc(NC(C)c2nc(C)cs2)n1. The molecule has 6 nitrogen and oxygen atoms in total. The first kappa shape index (κ1) is 14.0. The van der Waals surface area contributed by atoms with Crippen molar-refractivity contribution in [3.8, 4) is 6.01 Å². The number of anilines is 1. The van der Waals surface area contributed by atoms with E-state index >= 15 is 0 Å². The maximum Gasteiger partial charge on any atom is 0.322 e. The van der Waals surface area contributed by atoms with Crippen molar-refractivity contribution in [1.82, 2.24) is 19.9 Å². The molecule has 2 heterocycles. The molecule has 0 radical (unpaired) electrons. The molecule has 0 amide bonds. The number of aromatic nitrogens is 4. The topological polar surface area (TPSA) is 72.8 Å². The van der Waals surface area contributed by atoms with E-state index in [4.69, 9.17) is 16.3 Å². The minimum Gasteiger partial charge on any atom is -0.464 e. The van der Waals surface area contributed by atoms with Crippen LogP contribution in [0.1, 0.15) is 30.6 Å². The van der Waals surface area contributed by atoms with E-state index in [1.165, 1.54) is 0 Å². The smallest absolute Gasteiger partial charge is 0.322 e. The zero-order valence-corrected chi connectivity index (χ0v) is 12.4. The standard InChI is InChI=1S/C11H14ClN5OS/c1-4-18-11-16-9(12)15-10(17-11)14-7(3)8-13-6(2)5-19-8/h5,7H,4H2,1-3H3,(H,14,15,16,17). The first-order valence-corrected chi connectivity index (χ1v) is 7.07. The largest absolute Gasteiger partial charge is 0.464 e. The van der Waals surface area contributed by atoms with Crippen LogP contribution in [0.15, 0.2) is 5.38 Å². The van der Waals surface area contributed by atoms with Crippen LogP contribution >= 0.6 is 22.9 Å². The van der Waals surface area contributed by atoms with Gasteiger partial charge >= 0.3 is 6.01 Å². The number of hydrogen-bond acceptors (Lipinski definition) is 7. The molecule has 1 unspecified atom stereocenters. The van der Waals surface area contributed by atoms with E-state index in [0.29, 0.717) is 12.6 Å². The number of thiazole rings is 1. The second kappa shape index (κ2) is 6.12. The monoisotopic (exact) mass is 299 g/mol. The average Bonchev–Trinajstić information content (AvgIpc) is 2.75. The Labute approximate surface area is 120 Å². The van der Waals surface area contributed by atoms with Crippen LogP contribution < -0.4 is 10.1 Å². The van der Waals surface area contributed by atoms with E-state index in [2.05, 4.69) is 25.3 Å². The van der Waals surface area contributed by atoms with E-state index in [0.717, 1.165) is 10.7 Å². The Hall–Kier alpha value is -1.47. The van der Waals surface area contributed by atoms with Crippen LogP contribution in [0.25, 0.3) is 0 Å². The first-order chi connectivity index (χ1) is 9.08. The summed E-state index contributed by atoms with van der Waals surface area (Å²) in [6, 6.07) is 0.208. The van der Waals surface area contributed by atoms with Gasteiger partial charge in [0, 0.05) is 11.1 Å². The maximum atomic E-state index is 5.82. The molecule has 8 heteroatoms. The van der Waals surface area contributed by atoms with Gasteiger partial charge in [0.2, 0.25) is 11.2 Å². The third-order valence-electron chi connectivity index (χ3n) is 2.21. The van der Waals surface area contributed by atoms with Gasteiger partial charge in [0.1, 0.15) is 5.01 Å². The van der Waals surface area contributed by atoms with E-state index in [9.17, 15) is 0 Å². The molecule has 102 valence electrons. The molecular formula is C11H14ClN5OS. The van der Waals surface area contributed by atoms with Crippen molar-refractivity contribution in [3.05, 3.63) is 21.4 Å². The molecule has 0 bridgehead atoms. The predicted molar refractivity (Wildman–Crippen MR) is 74.9 cm³/mol. The number of nitrogens with one attached hydrogen (secondary N) is 1. The summed E-state index contributed by atoms with van der Waals surface area (Å²) in [6.07, 6.45) is 0. The highest BCUT2D eigenvalue weighted by molar-refractivity contribution is 7.09. The normalized spacial score (nSPS) is 12.2. The Bertz CT molecular complexity index is 562. The van der Waals surface area contributed by atoms with Crippen LogP contribution in [0.3, 0.4) is 0 Å². The minimum atomic E-state index is -0.00774. The van der Waals surface area contributed by atoms with Crippen LogP contribution in [0.4, 0.5) is 5.95 Å². The summed E-state index contributed by atoms with van der Waals surface area (Å²) in [5, 5.41) is 6.20. The zero-order valence-electron chi connectivity index (χ0n) is 10.8. The van der Waals surface area contributed by atoms with Gasteiger partial charge in [-0.3, -0.25) is 0 Å². The Morgan fingerprint density at radius 2 is 2.16 bits per heavy atom. The number of nitrogens with zero attached hydrogens (tertiary/aromatic N) is 4. The lowest BCUT2D eigenvalue weighted by Gasteiger charge is -2.11. The highest BCUT2D eigenvalue weighted by Crippen LogP contribution is 2.21. The fourth-order valence-electron chi connectivity index (χ4n) is 1.42. The van der Waals surface area contributed by atoms with Crippen molar-refractivity contribution in [1.29, 1.82) is 0 Å². The summed E-state index contributed by atoms with van der Waals surface area (Å²) < 4.78 is 5.22. The van der Waals surface area contributed by atoms with Crippen LogP contribution in [0.2, 0.25) is 5.28 Å². The lowest BCUT2D eigenvalue weighted by atomic mass is 10.3. The number of halogens is 1. The van der Waals surface area contributed by atoms with E-state index < -0.39 is 0 Å². The molecule has 0 spiro atoms. The Morgan fingerprint density at radius 1 is 1.37 bits per heavy atom. The molecule has 2 aromatic rings. The van der Waals surface area contributed by atoms with Crippen molar-refractivity contribution in [2.45, 2.75) is 26.8 Å². The fourth-order valence-corrected chi connectivity index (χ4v) is 2.37. The van der Waals surface area contributed by atoms with Crippen LogP contribution in [-0.2, 0) is 0 Å². The van der Waals surface area contributed by atoms with Gasteiger partial charge in [-0.2, -0.15) is 15.0 Å². The minimum absolute atomic E-state index is 0.00774. The zero-order chi connectivity index (χ0) is 13.8. The van der Waals surface area contributed by atoms with Gasteiger partial charge in [-0.25, -0.2) is 4.98 Å². The molecule has 2 aromatic heterocycles. The van der Waals surface area contributed by atoms with Gasteiger partial charge in [-0.05, 0) is 32.4 Å². The summed E-state index contributed by atoms with van der Waals surface area (Å²) >= 11 is 7.41. The molecule has 19 heavy (non-hydrogen) atoms. The second-order valence-corrected chi connectivity index (χ2v) is 5.06. The predicted octanol–water partition coefficient (Wildman–Crippen LogP) is 2.86. The maximum absolute atomic E-state index is 5.82. The lowest BCUT2D eigenvalue weighted by molar-refractivity contribution is 0.312. The first-order valence-electron chi connectivity index (χ1n) is 5.81. The van der Waals surface area contributed by atoms with Gasteiger partial charge in [0.05, 0.1) is 12.6 Å². The third-order valence-corrected chi connectivity index (χ3v) is 3.53. The molecule has 0 saturated heterocycles. The molecule has 1 atom stereocenters. The van der Waals surface area contributed by atoms with Crippen LogP contribution in [-0.4, -0.2) is 26.5 Å². The number of rotatable bonds is 5. The molecule has 1 N–H and O–H groups in total. The Kier molecular flexibility index (Phi) is 4.49. The van der Waals surface area contributed by atoms with Gasteiger partial charge in [0.25, 0.3) is 0 Å². The molecule has 0 aromatic carbocycles. The number of hydrogen-bond donors (Lipinski definition) is 1. The average molecular weight is 300 g/mol. The summed E-state index contributed by atoms with van der Waals surface area (Å²) in [7, 11) is 0. The number of ether oxygens (including phenoxy) is 1. The summed E-state index contributed by atoms with van der Waals surface area (Å²) in [6.45, 7) is 6.27. The van der Waals surface area contributed by atoms with Gasteiger partial charge < -0.3 is 10.1 Å². The van der Waals surface area contributed by atoms with Crippen molar-refractivity contribution < 1.29 is 4.74 Å². The molecule has 0 aliphatic rings. The van der Waals surface area contributed by atoms with Crippen molar-refractivity contribution >= 4 is 28.9 Å². The number of aryl methyl sites for hydroxylation is 1. The molecular weight excluding hydrogens is 286 g/mol. The molecule has 0 saturated carbocycles. The van der Waals surface area contributed by atoms with E-state index in [1.807, 2.05) is 26.2 Å². The highest BCUT2D eigenvalue weighted by Gasteiger charge is 2.12. The van der Waals surface area contributed by atoms with Crippen molar-refractivity contribution in [3.63, 3.8) is 0 Å². The van der Waals surface area contributed by atoms with Crippen molar-refractivity contribution in [2.24, 2.45) is 0 Å². The van der Waals surface area contributed by atoms with Gasteiger partial charge in [0.15, 0.2) is 0 Å².